The molecule has 0 aromatic carbocycles. The summed E-state index contributed by atoms with van der Waals surface area (Å²) in [6.07, 6.45) is -0.896. The summed E-state index contributed by atoms with van der Waals surface area (Å²) >= 11 is 0. The molecule has 0 aliphatic carbocycles. The zero-order chi connectivity index (χ0) is 10.9. The maximum Gasteiger partial charge on any atom is 0.154 e. The van der Waals surface area contributed by atoms with Gasteiger partial charge in [0.15, 0.2) is 12.6 Å². The molecule has 0 rings (SSSR count). The molecule has 0 spiro atoms. The Morgan fingerprint density at radius 3 is 1.38 bits per heavy atom. The van der Waals surface area contributed by atoms with Crippen LogP contribution in [0.2, 0.25) is 0 Å². The highest BCUT2D eigenvalue weighted by molar-refractivity contribution is 4.94. The summed E-state index contributed by atoms with van der Waals surface area (Å²) < 4.78 is 4.36. The molecule has 13 heavy (non-hydrogen) atoms. The lowest BCUT2D eigenvalue weighted by Gasteiger charge is -2.07. The summed E-state index contributed by atoms with van der Waals surface area (Å²) in [4.78, 5) is 0. The molecule has 0 heterocycles. The van der Waals surface area contributed by atoms with Crippen LogP contribution in [-0.2, 0) is 4.74 Å². The minimum Gasteiger partial charge on any atom is -0.462 e. The van der Waals surface area contributed by atoms with Crippen LogP contribution in [0.3, 0.4) is 0 Å². The van der Waals surface area contributed by atoms with Crippen LogP contribution < -0.4 is 0 Å². The molecule has 0 aromatic rings. The van der Waals surface area contributed by atoms with E-state index in [1.807, 2.05) is 0 Å². The van der Waals surface area contributed by atoms with Gasteiger partial charge < -0.3 is 25.2 Å². The average molecular weight is 192 g/mol. The van der Waals surface area contributed by atoms with E-state index in [2.05, 4.69) is 10.7 Å². The van der Waals surface area contributed by atoms with Crippen molar-refractivity contribution < 1.29 is 25.2 Å². The topological polar surface area (TPSA) is 90.2 Å². The van der Waals surface area contributed by atoms with Gasteiger partial charge in [-0.1, -0.05) is 0 Å². The number of hydrogen-bond donors (Lipinski definition) is 4. The fourth-order valence-corrected chi connectivity index (χ4v) is 0.378. The maximum absolute atomic E-state index is 8.34. The van der Waals surface area contributed by atoms with Crippen LogP contribution in [0, 0.1) is 12.0 Å². The monoisotopic (exact) mass is 192 g/mol. The second kappa shape index (κ2) is 9.29. The third-order valence-electron chi connectivity index (χ3n) is 0.667. The van der Waals surface area contributed by atoms with E-state index in [0.717, 1.165) is 0 Å². The minimum absolute atomic E-state index is 0.713. The summed E-state index contributed by atoms with van der Waals surface area (Å²) in [5.41, 5.74) is 0. The molecule has 0 aliphatic rings. The second-order valence-corrected chi connectivity index (χ2v) is 2.27. The average Bonchev–Trinajstić information content (AvgIpc) is 1.83. The normalized spacial score (nSPS) is 15.5. The van der Waals surface area contributed by atoms with Gasteiger partial charge in [-0.2, -0.15) is 0 Å². The van der Waals surface area contributed by atoms with Crippen LogP contribution in [0.1, 0.15) is 20.8 Å². The van der Waals surface area contributed by atoms with E-state index in [1.165, 1.54) is 20.8 Å². The Labute approximate surface area is 77.6 Å². The Morgan fingerprint density at radius 2 is 1.38 bits per heavy atom. The van der Waals surface area contributed by atoms with Crippen molar-refractivity contribution in [3.05, 3.63) is 0 Å². The van der Waals surface area contributed by atoms with Gasteiger partial charge in [0.25, 0.3) is 0 Å². The van der Waals surface area contributed by atoms with Gasteiger partial charge >= 0.3 is 0 Å². The van der Waals surface area contributed by atoms with Gasteiger partial charge in [-0.3, -0.25) is 0 Å². The van der Waals surface area contributed by atoms with Crippen LogP contribution in [0.4, 0.5) is 0 Å². The van der Waals surface area contributed by atoms with Gasteiger partial charge in [-0.15, -0.1) is 0 Å². The van der Waals surface area contributed by atoms with Crippen LogP contribution in [0.25, 0.3) is 0 Å². The molecule has 78 valence electrons. The SMILES string of the molecule is CC(O)C#CO.CC(O)OC(C)O. The molecule has 0 saturated heterocycles. The predicted octanol–water partition coefficient (Wildman–Crippen LogP) is -0.620. The van der Waals surface area contributed by atoms with Crippen LogP contribution in [0.5, 0.6) is 0 Å². The second-order valence-electron chi connectivity index (χ2n) is 2.27. The Kier molecular flexibility index (Phi) is 10.5. The van der Waals surface area contributed by atoms with Gasteiger partial charge in [0, 0.05) is 0 Å². The van der Waals surface area contributed by atoms with E-state index >= 15 is 0 Å². The first kappa shape index (κ1) is 14.7. The molecule has 4 N–H and O–H groups in total. The smallest absolute Gasteiger partial charge is 0.154 e. The first-order valence-electron chi connectivity index (χ1n) is 3.74. The molecule has 3 atom stereocenters. The van der Waals surface area contributed by atoms with E-state index in [4.69, 9.17) is 20.4 Å². The molecule has 0 saturated carbocycles. The Hall–Kier alpha value is -0.800. The molecule has 3 unspecified atom stereocenters. The number of rotatable bonds is 2. The van der Waals surface area contributed by atoms with E-state index < -0.39 is 18.7 Å². The zero-order valence-electron chi connectivity index (χ0n) is 7.93. The molecule has 0 radical (unpaired) electrons. The maximum atomic E-state index is 8.34. The Bertz CT molecular complexity index is 148. The van der Waals surface area contributed by atoms with E-state index in [0.29, 0.717) is 0 Å². The minimum atomic E-state index is -0.875. The first-order chi connectivity index (χ1) is 5.90. The van der Waals surface area contributed by atoms with Crippen molar-refractivity contribution >= 4 is 0 Å². The Morgan fingerprint density at radius 1 is 1.00 bits per heavy atom. The fourth-order valence-electron chi connectivity index (χ4n) is 0.378. The summed E-state index contributed by atoms with van der Waals surface area (Å²) in [7, 11) is 0. The highest BCUT2D eigenvalue weighted by atomic mass is 16.7. The molecular weight excluding hydrogens is 176 g/mol. The summed E-state index contributed by atoms with van der Waals surface area (Å²) in [5, 5.41) is 32.6. The van der Waals surface area contributed by atoms with Crippen molar-refractivity contribution in [3.8, 4) is 12.0 Å². The Balaban J connectivity index is 0. The molecule has 5 nitrogen and oxygen atoms in total. The number of aliphatic hydroxyl groups is 4. The highest BCUT2D eigenvalue weighted by Gasteiger charge is 1.97. The quantitative estimate of drug-likeness (QED) is 0.346. The van der Waals surface area contributed by atoms with Gasteiger partial charge in [-0.25, -0.2) is 0 Å². The summed E-state index contributed by atoms with van der Waals surface area (Å²) in [5.74, 6) is 2.07. The third kappa shape index (κ3) is 24.7. The van der Waals surface area contributed by atoms with E-state index in [1.54, 1.807) is 6.11 Å². The first-order valence-corrected chi connectivity index (χ1v) is 3.74. The van der Waals surface area contributed by atoms with Crippen LogP contribution >= 0.6 is 0 Å². The highest BCUT2D eigenvalue weighted by Crippen LogP contribution is 1.87. The van der Waals surface area contributed by atoms with Crippen molar-refractivity contribution in [2.24, 2.45) is 0 Å². The zero-order valence-corrected chi connectivity index (χ0v) is 7.93. The fraction of sp³-hybridized carbons (Fsp3) is 0.750. The van der Waals surface area contributed by atoms with Gasteiger partial charge in [0.1, 0.15) is 12.2 Å². The lowest BCUT2D eigenvalue weighted by molar-refractivity contribution is -0.190. The van der Waals surface area contributed by atoms with Crippen molar-refractivity contribution in [2.45, 2.75) is 39.5 Å². The van der Waals surface area contributed by atoms with Crippen molar-refractivity contribution in [1.82, 2.24) is 0 Å². The van der Waals surface area contributed by atoms with Crippen LogP contribution in [0.15, 0.2) is 0 Å². The van der Waals surface area contributed by atoms with Gasteiger partial charge in [-0.05, 0) is 26.7 Å². The van der Waals surface area contributed by atoms with Crippen molar-refractivity contribution in [2.75, 3.05) is 0 Å². The molecule has 0 aliphatic heterocycles. The number of ether oxygens (including phenoxy) is 1. The predicted molar refractivity (Wildman–Crippen MR) is 45.8 cm³/mol. The lowest BCUT2D eigenvalue weighted by atomic mass is 10.4. The number of hydrogen-bond acceptors (Lipinski definition) is 5. The van der Waals surface area contributed by atoms with Gasteiger partial charge in [0.2, 0.25) is 0 Å². The third-order valence-corrected chi connectivity index (χ3v) is 0.667. The van der Waals surface area contributed by atoms with Gasteiger partial charge in [0.05, 0.1) is 0 Å². The molecule has 5 heteroatoms. The van der Waals surface area contributed by atoms with Crippen LogP contribution in [-0.4, -0.2) is 39.1 Å². The molecule has 0 amide bonds. The molecule has 0 fully saturated rings. The largest absolute Gasteiger partial charge is 0.462 e. The molecular formula is C8H16O5. The summed E-state index contributed by atoms with van der Waals surface area (Å²) in [6, 6.07) is 0. The number of aliphatic hydroxyl groups excluding tert-OH is 4. The lowest BCUT2D eigenvalue weighted by Crippen LogP contribution is -2.14. The van der Waals surface area contributed by atoms with E-state index in [-0.39, 0.29) is 0 Å². The molecule has 0 bridgehead atoms. The summed E-state index contributed by atoms with van der Waals surface area (Å²) in [6.45, 7) is 4.35. The van der Waals surface area contributed by atoms with Crippen molar-refractivity contribution in [1.29, 1.82) is 0 Å². The van der Waals surface area contributed by atoms with Crippen molar-refractivity contribution in [3.63, 3.8) is 0 Å². The molecule has 0 aromatic heterocycles. The standard InChI is InChI=1S/C4H10O3.C4H6O2/c1-3(5)7-4(2)6;1-4(6)2-3-5/h3-6H,1-2H3;4-6H,1H3. The van der Waals surface area contributed by atoms with E-state index in [9.17, 15) is 0 Å².